The van der Waals surface area contributed by atoms with E-state index in [9.17, 15) is 9.59 Å². The molecule has 0 saturated heterocycles. The predicted molar refractivity (Wildman–Crippen MR) is 85.6 cm³/mol. The van der Waals surface area contributed by atoms with Gasteiger partial charge in [-0.25, -0.2) is 4.79 Å². The molecule has 118 valence electrons. The van der Waals surface area contributed by atoms with Crippen molar-refractivity contribution >= 4 is 17.5 Å². The van der Waals surface area contributed by atoms with Gasteiger partial charge >= 0.3 is 11.7 Å². The summed E-state index contributed by atoms with van der Waals surface area (Å²) >= 11 is 0. The van der Waals surface area contributed by atoms with Crippen molar-refractivity contribution in [3.63, 3.8) is 0 Å². The number of rotatable bonds is 5. The molecule has 0 aliphatic carbocycles. The highest BCUT2D eigenvalue weighted by Crippen LogP contribution is 2.16. The minimum Gasteiger partial charge on any atom is -0.465 e. The van der Waals surface area contributed by atoms with E-state index in [1.54, 1.807) is 48.5 Å². The molecule has 0 atom stereocenters. The molecule has 0 bridgehead atoms. The summed E-state index contributed by atoms with van der Waals surface area (Å²) in [5, 5.41) is 9.02. The van der Waals surface area contributed by atoms with Crippen LogP contribution in [0.5, 0.6) is 0 Å². The molecule has 0 unspecified atom stereocenters. The molecular formula is C18H13N3O3. The summed E-state index contributed by atoms with van der Waals surface area (Å²) < 4.78 is 4.69. The average Bonchev–Trinajstić information content (AvgIpc) is 2.63. The minimum atomic E-state index is -0.595. The highest BCUT2D eigenvalue weighted by atomic mass is 16.5. The Morgan fingerprint density at radius 1 is 1.08 bits per heavy atom. The van der Waals surface area contributed by atoms with Crippen LogP contribution in [0.25, 0.3) is 5.53 Å². The number of carbonyl (C=O) groups excluding carboxylic acids is 2. The summed E-state index contributed by atoms with van der Waals surface area (Å²) in [4.78, 5) is 27.3. The summed E-state index contributed by atoms with van der Waals surface area (Å²) in [6.07, 6.45) is -0.0507. The highest BCUT2D eigenvalue weighted by Gasteiger charge is 2.21. The van der Waals surface area contributed by atoms with Gasteiger partial charge < -0.3 is 10.3 Å². The fraction of sp³-hybridized carbons (Fsp3) is 0.111. The Kier molecular flexibility index (Phi) is 5.35. The van der Waals surface area contributed by atoms with Crippen molar-refractivity contribution in [3.05, 3.63) is 76.3 Å². The fourth-order valence-corrected chi connectivity index (χ4v) is 2.32. The number of hydrogen-bond acceptors (Lipinski definition) is 4. The predicted octanol–water partition coefficient (Wildman–Crippen LogP) is 2.44. The largest absolute Gasteiger partial charge is 0.465 e. The molecule has 6 nitrogen and oxygen atoms in total. The molecule has 2 rings (SSSR count). The van der Waals surface area contributed by atoms with E-state index < -0.39 is 5.97 Å². The van der Waals surface area contributed by atoms with Gasteiger partial charge in [-0.05, 0) is 17.7 Å². The van der Waals surface area contributed by atoms with Crippen LogP contribution in [-0.2, 0) is 11.2 Å². The first kappa shape index (κ1) is 16.8. The topological polar surface area (TPSA) is 104 Å². The maximum Gasteiger partial charge on any atom is 0.398 e. The Bertz CT molecular complexity index is 890. The third-order valence-corrected chi connectivity index (χ3v) is 3.46. The second kappa shape index (κ2) is 7.63. The first-order valence-electron chi connectivity index (χ1n) is 7.03. The molecule has 0 aliphatic heterocycles. The number of ether oxygens (including phenoxy) is 1. The number of hydrogen-bond donors (Lipinski definition) is 0. The monoisotopic (exact) mass is 319 g/mol. The molecule has 0 radical (unpaired) electrons. The van der Waals surface area contributed by atoms with Crippen molar-refractivity contribution in [1.29, 1.82) is 5.26 Å². The van der Waals surface area contributed by atoms with Gasteiger partial charge in [-0.3, -0.25) is 4.79 Å². The number of benzene rings is 2. The third kappa shape index (κ3) is 3.43. The molecule has 0 N–H and O–H groups in total. The van der Waals surface area contributed by atoms with Crippen LogP contribution in [0.4, 0.5) is 0 Å². The van der Waals surface area contributed by atoms with Crippen LogP contribution < -0.4 is 0 Å². The highest BCUT2D eigenvalue weighted by molar-refractivity contribution is 6.11. The van der Waals surface area contributed by atoms with E-state index >= 15 is 0 Å². The van der Waals surface area contributed by atoms with E-state index in [1.165, 1.54) is 13.2 Å². The molecule has 0 aliphatic rings. The van der Waals surface area contributed by atoms with Gasteiger partial charge in [-0.2, -0.15) is 10.1 Å². The zero-order valence-electron chi connectivity index (χ0n) is 12.9. The van der Waals surface area contributed by atoms with Gasteiger partial charge in [-0.15, -0.1) is 0 Å². The van der Waals surface area contributed by atoms with Crippen molar-refractivity contribution < 1.29 is 19.1 Å². The third-order valence-electron chi connectivity index (χ3n) is 3.46. The van der Waals surface area contributed by atoms with Crippen LogP contribution in [-0.4, -0.2) is 29.4 Å². The Balaban J connectivity index is 2.41. The molecule has 0 saturated carbocycles. The van der Waals surface area contributed by atoms with E-state index in [0.717, 1.165) is 0 Å². The maximum absolute atomic E-state index is 12.6. The van der Waals surface area contributed by atoms with Crippen molar-refractivity contribution in [2.24, 2.45) is 0 Å². The molecule has 2 aromatic carbocycles. The number of esters is 1. The molecular weight excluding hydrogens is 306 g/mol. The van der Waals surface area contributed by atoms with E-state index in [4.69, 9.17) is 10.8 Å². The SMILES string of the molecule is COC(=O)c1ccccc1C(=O)Cc1ccccc1C(C#N)=[N+]=[N-]. The molecule has 0 aromatic heterocycles. The molecule has 0 heterocycles. The second-order valence-corrected chi connectivity index (χ2v) is 4.85. The summed E-state index contributed by atoms with van der Waals surface area (Å²) in [5.74, 6) is -0.902. The van der Waals surface area contributed by atoms with Gasteiger partial charge in [0.05, 0.1) is 18.2 Å². The Morgan fingerprint density at radius 2 is 1.67 bits per heavy atom. The standard InChI is InChI=1S/C18H13N3O3/c1-24-18(23)15-9-5-4-8-14(15)17(22)10-12-6-2-3-7-13(12)16(11-19)21-20/h2-9H,10H2,1H3. The van der Waals surface area contributed by atoms with Crippen LogP contribution in [0.1, 0.15) is 31.8 Å². The lowest BCUT2D eigenvalue weighted by Crippen LogP contribution is -2.14. The van der Waals surface area contributed by atoms with Crippen molar-refractivity contribution in [3.8, 4) is 6.07 Å². The molecule has 24 heavy (non-hydrogen) atoms. The van der Waals surface area contributed by atoms with Gasteiger partial charge in [0.25, 0.3) is 0 Å². The lowest BCUT2D eigenvalue weighted by molar-refractivity contribution is -0.00155. The van der Waals surface area contributed by atoms with Crippen LogP contribution in [0, 0.1) is 11.3 Å². The first-order valence-corrected chi connectivity index (χ1v) is 7.03. The lowest BCUT2D eigenvalue weighted by atomic mass is 9.94. The number of nitriles is 1. The van der Waals surface area contributed by atoms with Crippen LogP contribution in [0.15, 0.2) is 48.5 Å². The Morgan fingerprint density at radius 3 is 2.25 bits per heavy atom. The maximum atomic E-state index is 12.6. The number of carbonyl (C=O) groups is 2. The molecule has 0 amide bonds. The number of ketones is 1. The summed E-state index contributed by atoms with van der Waals surface area (Å²) in [6.45, 7) is 0. The van der Waals surface area contributed by atoms with E-state index in [1.807, 2.05) is 0 Å². The van der Waals surface area contributed by atoms with Crippen LogP contribution >= 0.6 is 0 Å². The summed E-state index contributed by atoms with van der Waals surface area (Å²) in [7, 11) is 1.25. The van der Waals surface area contributed by atoms with Gasteiger partial charge in [0.2, 0.25) is 0 Å². The van der Waals surface area contributed by atoms with Crippen LogP contribution in [0.2, 0.25) is 0 Å². The smallest absolute Gasteiger partial charge is 0.398 e. The number of Topliss-reactive ketones (excluding diaryl/α,β-unsaturated/α-hetero) is 1. The van der Waals surface area contributed by atoms with Gasteiger partial charge in [-0.1, -0.05) is 36.4 Å². The van der Waals surface area contributed by atoms with Crippen molar-refractivity contribution in [2.75, 3.05) is 7.11 Å². The average molecular weight is 319 g/mol. The summed E-state index contributed by atoms with van der Waals surface area (Å²) in [6, 6.07) is 14.8. The van der Waals surface area contributed by atoms with E-state index in [2.05, 4.69) is 9.53 Å². The van der Waals surface area contributed by atoms with Crippen molar-refractivity contribution in [1.82, 2.24) is 0 Å². The zero-order valence-corrected chi connectivity index (χ0v) is 12.9. The van der Waals surface area contributed by atoms with Gasteiger partial charge in [0.1, 0.15) is 0 Å². The molecule has 0 fully saturated rings. The first-order chi connectivity index (χ1) is 11.6. The fourth-order valence-electron chi connectivity index (χ4n) is 2.32. The van der Waals surface area contributed by atoms with Gasteiger partial charge in [0.15, 0.2) is 11.9 Å². The molecule has 6 heteroatoms. The number of methoxy groups -OCH3 is 1. The normalized spacial score (nSPS) is 9.50. The van der Waals surface area contributed by atoms with Crippen LogP contribution in [0.3, 0.4) is 0 Å². The van der Waals surface area contributed by atoms with Gasteiger partial charge in [0, 0.05) is 12.0 Å². The zero-order chi connectivity index (χ0) is 17.5. The molecule has 0 spiro atoms. The van der Waals surface area contributed by atoms with E-state index in [0.29, 0.717) is 11.1 Å². The summed E-state index contributed by atoms with van der Waals surface area (Å²) in [5.41, 5.74) is 10.0. The Hall–Kier alpha value is -3.55. The minimum absolute atomic E-state index is 0.0507. The molecule has 2 aromatic rings. The Labute approximate surface area is 138 Å². The quantitative estimate of drug-likeness (QED) is 0.277. The lowest BCUT2D eigenvalue weighted by Gasteiger charge is -2.08. The second-order valence-electron chi connectivity index (χ2n) is 4.85. The van der Waals surface area contributed by atoms with E-state index in [-0.39, 0.29) is 29.0 Å². The van der Waals surface area contributed by atoms with Crippen molar-refractivity contribution in [2.45, 2.75) is 6.42 Å². The number of nitrogens with zero attached hydrogens (tertiary/aromatic N) is 3.